The number of carbonyl (C=O) groups excluding carboxylic acids is 1. The summed E-state index contributed by atoms with van der Waals surface area (Å²) in [5.74, 6) is 0.121. The Labute approximate surface area is 144 Å². The Morgan fingerprint density at radius 3 is 2.48 bits per heavy atom. The Morgan fingerprint density at radius 1 is 1.26 bits per heavy atom. The molecule has 2 atom stereocenters. The molecule has 0 bridgehead atoms. The highest BCUT2D eigenvalue weighted by Crippen LogP contribution is 2.39. The van der Waals surface area contributed by atoms with Gasteiger partial charge in [0.1, 0.15) is 5.60 Å². The van der Waals surface area contributed by atoms with E-state index in [1.807, 2.05) is 32.6 Å². The van der Waals surface area contributed by atoms with E-state index in [-0.39, 0.29) is 18.2 Å². The fourth-order valence-corrected chi connectivity index (χ4v) is 3.73. The molecule has 2 fully saturated rings. The molecule has 0 unspecified atom stereocenters. The van der Waals surface area contributed by atoms with Crippen LogP contribution < -0.4 is 0 Å². The molecule has 0 aromatic rings. The van der Waals surface area contributed by atoms with Gasteiger partial charge in [0.05, 0.1) is 13.2 Å². The molecule has 0 aromatic carbocycles. The Kier molecular flexibility index (Phi) is 6.20. The van der Waals surface area contributed by atoms with Crippen molar-refractivity contribution in [2.75, 3.05) is 19.1 Å². The number of halogens is 1. The summed E-state index contributed by atoms with van der Waals surface area (Å²) in [6.45, 7) is 9.00. The van der Waals surface area contributed by atoms with Gasteiger partial charge in [-0.1, -0.05) is 6.42 Å². The summed E-state index contributed by atoms with van der Waals surface area (Å²) in [4.78, 5) is 14.6. The molecule has 0 aliphatic carbocycles. The van der Waals surface area contributed by atoms with Gasteiger partial charge in [-0.25, -0.2) is 4.79 Å². The topological polar surface area (TPSA) is 48.0 Å². The lowest BCUT2D eigenvalue weighted by atomic mass is 9.88. The maximum Gasteiger partial charge on any atom is 0.410 e. The molecule has 2 saturated heterocycles. The molecule has 0 radical (unpaired) electrons. The van der Waals surface area contributed by atoms with Crippen molar-refractivity contribution in [1.29, 1.82) is 0 Å². The molecule has 0 saturated carbocycles. The number of rotatable bonds is 4. The first-order valence-corrected chi connectivity index (χ1v) is 9.15. The monoisotopic (exact) mass is 347 g/mol. The van der Waals surface area contributed by atoms with E-state index in [4.69, 9.17) is 25.8 Å². The lowest BCUT2D eigenvalue weighted by Gasteiger charge is -2.47. The molecule has 2 heterocycles. The second-order valence-electron chi connectivity index (χ2n) is 7.59. The molecule has 1 spiro atoms. The average molecular weight is 348 g/mol. The van der Waals surface area contributed by atoms with E-state index < -0.39 is 11.4 Å². The summed E-state index contributed by atoms with van der Waals surface area (Å²) in [6.07, 6.45) is 3.98. The molecule has 0 aromatic heterocycles. The largest absolute Gasteiger partial charge is 0.444 e. The normalized spacial score (nSPS) is 27.4. The first-order chi connectivity index (χ1) is 10.8. The highest BCUT2D eigenvalue weighted by Gasteiger charge is 2.49. The number of ether oxygens (including phenoxy) is 3. The smallest absolute Gasteiger partial charge is 0.410 e. The van der Waals surface area contributed by atoms with Crippen molar-refractivity contribution in [3.63, 3.8) is 0 Å². The van der Waals surface area contributed by atoms with Gasteiger partial charge >= 0.3 is 6.09 Å². The van der Waals surface area contributed by atoms with Gasteiger partial charge in [-0.05, 0) is 40.5 Å². The van der Waals surface area contributed by atoms with Crippen LogP contribution in [0.25, 0.3) is 0 Å². The van der Waals surface area contributed by atoms with Crippen LogP contribution >= 0.6 is 11.6 Å². The van der Waals surface area contributed by atoms with Gasteiger partial charge in [0.25, 0.3) is 0 Å². The van der Waals surface area contributed by atoms with E-state index in [9.17, 15) is 4.79 Å². The molecule has 5 nitrogen and oxygen atoms in total. The third-order valence-electron chi connectivity index (χ3n) is 4.36. The van der Waals surface area contributed by atoms with Gasteiger partial charge in [0.15, 0.2) is 5.79 Å². The first kappa shape index (κ1) is 18.8. The van der Waals surface area contributed by atoms with Crippen LogP contribution in [-0.4, -0.2) is 53.6 Å². The van der Waals surface area contributed by atoms with E-state index in [0.29, 0.717) is 31.9 Å². The lowest BCUT2D eigenvalue weighted by Crippen LogP contribution is -2.58. The number of unbranched alkanes of at least 4 members (excludes halogenated alkanes) is 1. The van der Waals surface area contributed by atoms with Crippen molar-refractivity contribution >= 4 is 17.7 Å². The molecule has 1 amide bonds. The van der Waals surface area contributed by atoms with E-state index in [1.165, 1.54) is 0 Å². The van der Waals surface area contributed by atoms with Crippen molar-refractivity contribution in [2.24, 2.45) is 0 Å². The van der Waals surface area contributed by atoms with Crippen LogP contribution in [0.1, 0.15) is 59.8 Å². The van der Waals surface area contributed by atoms with Crippen LogP contribution in [0.5, 0.6) is 0 Å². The standard InChI is InChI=1S/C17H30ClNO4/c1-13-11-17(21-9-10-22-17)12-14(7-5-6-8-18)19(13)15(20)23-16(2,3)4/h13-14H,5-12H2,1-4H3/t13-,14-/m1/s1. The number of nitrogens with zero attached hydrogens (tertiary/aromatic N) is 1. The zero-order valence-corrected chi connectivity index (χ0v) is 15.5. The van der Waals surface area contributed by atoms with Gasteiger partial charge in [-0.2, -0.15) is 0 Å². The molecule has 2 aliphatic rings. The summed E-state index contributed by atoms with van der Waals surface area (Å²) in [5.41, 5.74) is -0.493. The molecule has 134 valence electrons. The number of hydrogen-bond donors (Lipinski definition) is 0. The van der Waals surface area contributed by atoms with Crippen LogP contribution in [-0.2, 0) is 14.2 Å². The number of hydrogen-bond acceptors (Lipinski definition) is 4. The van der Waals surface area contributed by atoms with Crippen molar-refractivity contribution < 1.29 is 19.0 Å². The summed E-state index contributed by atoms with van der Waals surface area (Å²) in [6, 6.07) is 0.0904. The number of carbonyl (C=O) groups is 1. The fraction of sp³-hybridized carbons (Fsp3) is 0.941. The van der Waals surface area contributed by atoms with E-state index in [0.717, 1.165) is 19.3 Å². The quantitative estimate of drug-likeness (QED) is 0.571. The minimum Gasteiger partial charge on any atom is -0.444 e. The SMILES string of the molecule is C[C@@H]1CC2(C[C@@H](CCCCCl)N1C(=O)OC(C)(C)C)OCCO2. The van der Waals surface area contributed by atoms with Crippen LogP contribution in [0.4, 0.5) is 4.79 Å². The van der Waals surface area contributed by atoms with Crippen LogP contribution in [0.2, 0.25) is 0 Å². The summed E-state index contributed by atoms with van der Waals surface area (Å²) in [7, 11) is 0. The number of likely N-dealkylation sites (tertiary alicyclic amines) is 1. The van der Waals surface area contributed by atoms with Crippen molar-refractivity contribution in [2.45, 2.75) is 83.3 Å². The van der Waals surface area contributed by atoms with Crippen LogP contribution in [0, 0.1) is 0 Å². The van der Waals surface area contributed by atoms with Crippen molar-refractivity contribution in [3.8, 4) is 0 Å². The zero-order chi connectivity index (χ0) is 17.1. The molecule has 0 N–H and O–H groups in total. The molecular formula is C17H30ClNO4. The molecular weight excluding hydrogens is 318 g/mol. The van der Waals surface area contributed by atoms with Gasteiger partial charge in [-0.15, -0.1) is 11.6 Å². The Hall–Kier alpha value is -0.520. The van der Waals surface area contributed by atoms with Crippen molar-refractivity contribution in [1.82, 2.24) is 4.90 Å². The molecule has 2 rings (SSSR count). The maximum atomic E-state index is 12.7. The lowest BCUT2D eigenvalue weighted by molar-refractivity contribution is -0.204. The van der Waals surface area contributed by atoms with Gasteiger partial charge in [0.2, 0.25) is 0 Å². The predicted octanol–water partition coefficient (Wildman–Crippen LogP) is 3.93. The van der Waals surface area contributed by atoms with E-state index in [2.05, 4.69) is 0 Å². The number of amides is 1. The minimum absolute atomic E-state index is 0.0256. The minimum atomic E-state index is -0.524. The van der Waals surface area contributed by atoms with Crippen LogP contribution in [0.3, 0.4) is 0 Å². The third kappa shape index (κ3) is 4.97. The predicted molar refractivity (Wildman–Crippen MR) is 89.8 cm³/mol. The van der Waals surface area contributed by atoms with Gasteiger partial charge in [0, 0.05) is 30.8 Å². The van der Waals surface area contributed by atoms with Crippen LogP contribution in [0.15, 0.2) is 0 Å². The van der Waals surface area contributed by atoms with E-state index >= 15 is 0 Å². The summed E-state index contributed by atoms with van der Waals surface area (Å²) < 4.78 is 17.4. The maximum absolute atomic E-state index is 12.7. The van der Waals surface area contributed by atoms with Crippen molar-refractivity contribution in [3.05, 3.63) is 0 Å². The molecule has 23 heavy (non-hydrogen) atoms. The molecule has 2 aliphatic heterocycles. The Bertz CT molecular complexity index is 404. The Morgan fingerprint density at radius 2 is 1.91 bits per heavy atom. The highest BCUT2D eigenvalue weighted by molar-refractivity contribution is 6.17. The third-order valence-corrected chi connectivity index (χ3v) is 4.63. The highest BCUT2D eigenvalue weighted by atomic mass is 35.5. The fourth-order valence-electron chi connectivity index (χ4n) is 3.54. The second kappa shape index (κ2) is 7.58. The van der Waals surface area contributed by atoms with E-state index in [1.54, 1.807) is 0 Å². The van der Waals surface area contributed by atoms with Gasteiger partial charge < -0.3 is 19.1 Å². The Balaban J connectivity index is 2.11. The number of alkyl halides is 1. The van der Waals surface area contributed by atoms with Gasteiger partial charge in [-0.3, -0.25) is 0 Å². The summed E-state index contributed by atoms with van der Waals surface area (Å²) in [5, 5.41) is 0. The second-order valence-corrected chi connectivity index (χ2v) is 7.97. The average Bonchev–Trinajstić information content (AvgIpc) is 2.84. The molecule has 6 heteroatoms. The summed E-state index contributed by atoms with van der Waals surface area (Å²) >= 11 is 5.80. The first-order valence-electron chi connectivity index (χ1n) is 8.61. The number of piperidine rings is 1. The zero-order valence-electron chi connectivity index (χ0n) is 14.8.